The van der Waals surface area contributed by atoms with E-state index in [1.807, 2.05) is 0 Å². The first-order valence-corrected chi connectivity index (χ1v) is 18.6. The smallest absolute Gasteiger partial charge is 0.416 e. The molecule has 2 amide bonds. The lowest BCUT2D eigenvalue weighted by atomic mass is 9.97. The van der Waals surface area contributed by atoms with Gasteiger partial charge in [-0.2, -0.15) is 13.2 Å². The number of aryl methyl sites for hydroxylation is 1. The van der Waals surface area contributed by atoms with E-state index in [0.717, 1.165) is 17.7 Å². The molecule has 0 bridgehead atoms. The van der Waals surface area contributed by atoms with E-state index in [9.17, 15) is 37.1 Å². The maximum Gasteiger partial charge on any atom is 0.416 e. The van der Waals surface area contributed by atoms with Gasteiger partial charge in [-0.05, 0) is 123 Å². The van der Waals surface area contributed by atoms with Gasteiger partial charge in [-0.3, -0.25) is 14.4 Å². The number of carbonyl (C=O) groups is 5. The summed E-state index contributed by atoms with van der Waals surface area (Å²) in [6.07, 6.45) is -3.67. The number of anilines is 1. The van der Waals surface area contributed by atoms with Crippen LogP contribution >= 0.6 is 0 Å². The van der Waals surface area contributed by atoms with Crippen LogP contribution in [0.3, 0.4) is 0 Å². The molecule has 0 spiro atoms. The molecule has 0 aliphatic carbocycles. The van der Waals surface area contributed by atoms with Gasteiger partial charge in [0.2, 0.25) is 0 Å². The monoisotopic (exact) mass is 808 g/mol. The summed E-state index contributed by atoms with van der Waals surface area (Å²) < 4.78 is 55.6. The molecule has 0 unspecified atom stereocenters. The van der Waals surface area contributed by atoms with E-state index in [1.54, 1.807) is 102 Å². The normalized spacial score (nSPS) is 11.3. The van der Waals surface area contributed by atoms with Gasteiger partial charge in [0, 0.05) is 26.1 Å². The number of rotatable bonds is 13. The molecule has 5 aromatic carbocycles. The van der Waals surface area contributed by atoms with E-state index in [2.05, 4.69) is 5.32 Å². The first kappa shape index (κ1) is 43.4. The largest absolute Gasteiger partial charge is 0.457 e. The predicted octanol–water partition coefficient (Wildman–Crippen LogP) is 9.57. The number of hydrogen-bond acceptors (Lipinski definition) is 8. The Labute approximate surface area is 339 Å². The zero-order valence-corrected chi connectivity index (χ0v) is 33.1. The fourth-order valence-corrected chi connectivity index (χ4v) is 5.82. The second-order valence-electron chi connectivity index (χ2n) is 14.8. The molecule has 0 saturated heterocycles. The fraction of sp³-hybridized carbons (Fsp3) is 0.239. The lowest BCUT2D eigenvalue weighted by Gasteiger charge is -2.19. The quantitative estimate of drug-likeness (QED) is 0.0921. The zero-order valence-electron chi connectivity index (χ0n) is 33.1. The molecular formula is C46H43F3N2O8. The number of ether oxygens (including phenoxy) is 3. The van der Waals surface area contributed by atoms with E-state index < -0.39 is 41.2 Å². The highest BCUT2D eigenvalue weighted by Gasteiger charge is 2.30. The van der Waals surface area contributed by atoms with Gasteiger partial charge >= 0.3 is 24.1 Å². The van der Waals surface area contributed by atoms with Crippen LogP contribution in [-0.4, -0.2) is 54.3 Å². The first-order chi connectivity index (χ1) is 27.9. The summed E-state index contributed by atoms with van der Waals surface area (Å²) in [5.74, 6) is -2.23. The van der Waals surface area contributed by atoms with Crippen LogP contribution in [0.25, 0.3) is 11.1 Å². The molecule has 0 saturated carbocycles. The second kappa shape index (κ2) is 18.7. The molecule has 10 nitrogen and oxygen atoms in total. The fourth-order valence-electron chi connectivity index (χ4n) is 5.82. The van der Waals surface area contributed by atoms with E-state index in [1.165, 1.54) is 41.3 Å². The van der Waals surface area contributed by atoms with E-state index in [4.69, 9.17) is 14.2 Å². The average molecular weight is 809 g/mol. The van der Waals surface area contributed by atoms with Crippen molar-refractivity contribution in [3.05, 3.63) is 154 Å². The van der Waals surface area contributed by atoms with Gasteiger partial charge in [0.25, 0.3) is 11.8 Å². The van der Waals surface area contributed by atoms with Gasteiger partial charge in [-0.1, -0.05) is 48.5 Å². The van der Waals surface area contributed by atoms with Gasteiger partial charge in [0.05, 0.1) is 27.9 Å². The summed E-state index contributed by atoms with van der Waals surface area (Å²) in [6, 6.07) is 28.4. The van der Waals surface area contributed by atoms with Gasteiger partial charge in [0.1, 0.15) is 18.0 Å². The van der Waals surface area contributed by atoms with Gasteiger partial charge in [-0.15, -0.1) is 0 Å². The van der Waals surface area contributed by atoms with Gasteiger partial charge < -0.3 is 24.4 Å². The van der Waals surface area contributed by atoms with Crippen molar-refractivity contribution in [2.45, 2.75) is 58.4 Å². The Morgan fingerprint density at radius 2 is 1.31 bits per heavy atom. The Morgan fingerprint density at radius 3 is 1.93 bits per heavy atom. The number of nitrogens with one attached hydrogen (secondary N) is 1. The standard InChI is InChI=1S/C46H43F3N2O8/c1-45(2,3)59-44(56)33-16-13-30(14-17-33)28-57-43(55)32-20-24-35(25-21-32)58-40(52)12-8-9-29-15-26-39(38(27-29)42(54)51(4)5)50-41(53)37-11-7-6-10-36(37)31-18-22-34(23-19-31)46(47,48)49/h6-7,10-11,13-27H,8-9,12,28H2,1-5H3,(H,50,53). The lowest BCUT2D eigenvalue weighted by Crippen LogP contribution is -2.24. The maximum atomic E-state index is 13.6. The zero-order chi connectivity index (χ0) is 42.9. The number of halogens is 3. The number of nitrogens with zero attached hydrogens (tertiary/aromatic N) is 1. The number of hydrogen-bond donors (Lipinski definition) is 1. The highest BCUT2D eigenvalue weighted by molar-refractivity contribution is 6.11. The summed E-state index contributed by atoms with van der Waals surface area (Å²) >= 11 is 0. The van der Waals surface area contributed by atoms with Crippen LogP contribution in [0.1, 0.15) is 91.7 Å². The van der Waals surface area contributed by atoms with Crippen LogP contribution in [0.5, 0.6) is 5.75 Å². The number of alkyl halides is 3. The van der Waals surface area contributed by atoms with E-state index >= 15 is 0 Å². The summed E-state index contributed by atoms with van der Waals surface area (Å²) in [5.41, 5.74) is 2.10. The maximum absolute atomic E-state index is 13.6. The molecule has 0 atom stereocenters. The van der Waals surface area contributed by atoms with Crippen LogP contribution < -0.4 is 10.1 Å². The Morgan fingerprint density at radius 1 is 0.695 bits per heavy atom. The molecule has 59 heavy (non-hydrogen) atoms. The number of benzene rings is 5. The highest BCUT2D eigenvalue weighted by Crippen LogP contribution is 2.32. The minimum Gasteiger partial charge on any atom is -0.457 e. The third kappa shape index (κ3) is 12.1. The highest BCUT2D eigenvalue weighted by atomic mass is 19.4. The third-order valence-corrected chi connectivity index (χ3v) is 8.79. The van der Waals surface area contributed by atoms with E-state index in [0.29, 0.717) is 35.1 Å². The van der Waals surface area contributed by atoms with Gasteiger partial charge in [-0.25, -0.2) is 9.59 Å². The summed E-state index contributed by atoms with van der Waals surface area (Å²) in [6.45, 7) is 5.33. The topological polar surface area (TPSA) is 128 Å². The minimum absolute atomic E-state index is 0.0183. The van der Waals surface area contributed by atoms with Crippen molar-refractivity contribution in [1.82, 2.24) is 4.90 Å². The lowest BCUT2D eigenvalue weighted by molar-refractivity contribution is -0.137. The molecule has 5 aromatic rings. The Balaban J connectivity index is 1.14. The van der Waals surface area contributed by atoms with Crippen molar-refractivity contribution >= 4 is 35.4 Å². The van der Waals surface area contributed by atoms with Crippen LogP contribution in [0.4, 0.5) is 18.9 Å². The van der Waals surface area contributed by atoms with Crippen LogP contribution in [0.2, 0.25) is 0 Å². The average Bonchev–Trinajstić information content (AvgIpc) is 3.19. The predicted molar refractivity (Wildman–Crippen MR) is 215 cm³/mol. The minimum atomic E-state index is -4.50. The Bertz CT molecular complexity index is 2310. The molecule has 0 aliphatic rings. The second-order valence-corrected chi connectivity index (χ2v) is 14.8. The molecule has 0 aliphatic heterocycles. The summed E-state index contributed by atoms with van der Waals surface area (Å²) in [4.78, 5) is 65.7. The van der Waals surface area contributed by atoms with Gasteiger partial charge in [0.15, 0.2) is 0 Å². The molecule has 0 aromatic heterocycles. The summed E-state index contributed by atoms with van der Waals surface area (Å²) in [5, 5.41) is 2.79. The van der Waals surface area contributed by atoms with Crippen molar-refractivity contribution in [3.63, 3.8) is 0 Å². The molecule has 1 N–H and O–H groups in total. The molecule has 13 heteroatoms. The SMILES string of the molecule is CN(C)C(=O)c1cc(CCCC(=O)Oc2ccc(C(=O)OCc3ccc(C(=O)OC(C)(C)C)cc3)cc2)ccc1NC(=O)c1ccccc1-c1ccc(C(F)(F)F)cc1. The number of esters is 3. The molecule has 306 valence electrons. The Kier molecular flexibility index (Phi) is 13.7. The molecule has 0 radical (unpaired) electrons. The van der Waals surface area contributed by atoms with Crippen molar-refractivity contribution in [2.24, 2.45) is 0 Å². The molecular weight excluding hydrogens is 766 g/mol. The Hall–Kier alpha value is -6.76. The van der Waals surface area contributed by atoms with Crippen molar-refractivity contribution < 1.29 is 51.4 Å². The molecule has 0 heterocycles. The number of carbonyl (C=O) groups excluding carboxylic acids is 5. The molecule has 5 rings (SSSR count). The van der Waals surface area contributed by atoms with Crippen LogP contribution in [0.15, 0.2) is 115 Å². The first-order valence-electron chi connectivity index (χ1n) is 18.6. The van der Waals surface area contributed by atoms with Crippen molar-refractivity contribution in [3.8, 4) is 16.9 Å². The molecule has 0 fully saturated rings. The van der Waals surface area contributed by atoms with Crippen molar-refractivity contribution in [2.75, 3.05) is 19.4 Å². The third-order valence-electron chi connectivity index (χ3n) is 8.79. The number of amides is 2. The van der Waals surface area contributed by atoms with Crippen molar-refractivity contribution in [1.29, 1.82) is 0 Å². The summed E-state index contributed by atoms with van der Waals surface area (Å²) in [7, 11) is 3.14. The van der Waals surface area contributed by atoms with Crippen LogP contribution in [0, 0.1) is 0 Å². The van der Waals surface area contributed by atoms with Crippen LogP contribution in [-0.2, 0) is 33.5 Å². The van der Waals surface area contributed by atoms with E-state index in [-0.39, 0.29) is 47.1 Å².